The summed E-state index contributed by atoms with van der Waals surface area (Å²) in [6.45, 7) is 7.06. The minimum absolute atomic E-state index is 0.0970. The summed E-state index contributed by atoms with van der Waals surface area (Å²) in [5.74, 6) is 0.447. The van der Waals surface area contributed by atoms with Crippen molar-refractivity contribution in [3.8, 4) is 0 Å². The van der Waals surface area contributed by atoms with Crippen LogP contribution in [0.4, 0.5) is 4.79 Å². The van der Waals surface area contributed by atoms with E-state index in [0.717, 1.165) is 0 Å². The molecule has 2 amide bonds. The van der Waals surface area contributed by atoms with E-state index in [1.54, 1.807) is 37.8 Å². The Balaban J connectivity index is 1.72. The van der Waals surface area contributed by atoms with Gasteiger partial charge in [-0.05, 0) is 17.5 Å². The molecule has 0 aliphatic rings. The lowest BCUT2D eigenvalue weighted by atomic mass is 9.86. The van der Waals surface area contributed by atoms with E-state index in [0.29, 0.717) is 23.3 Å². The van der Waals surface area contributed by atoms with E-state index in [1.807, 2.05) is 16.8 Å². The van der Waals surface area contributed by atoms with Crippen LogP contribution in [0.1, 0.15) is 26.6 Å². The molecule has 0 saturated heterocycles. The van der Waals surface area contributed by atoms with Crippen LogP contribution < -0.4 is 10.9 Å². The lowest BCUT2D eigenvalue weighted by Gasteiger charge is -2.33. The minimum Gasteiger partial charge on any atom is -0.335 e. The number of aromatic nitrogens is 4. The molecule has 0 aliphatic heterocycles. The number of imidazole rings is 1. The zero-order valence-corrected chi connectivity index (χ0v) is 16.6. The molecule has 0 aliphatic carbocycles. The number of hydrogen-bond donors (Lipinski definition) is 2. The topological polar surface area (TPSA) is 95.9 Å². The molecule has 0 saturated carbocycles. The van der Waals surface area contributed by atoms with Gasteiger partial charge >= 0.3 is 6.03 Å². The van der Waals surface area contributed by atoms with Gasteiger partial charge in [0.25, 0.3) is 5.56 Å². The Morgan fingerprint density at radius 1 is 1.32 bits per heavy atom. The second-order valence-corrected chi connectivity index (χ2v) is 8.01. The Labute approximate surface area is 163 Å². The number of hydrogen-bond acceptors (Lipinski definition) is 4. The molecule has 2 aromatic heterocycles. The fraction of sp³-hybridized carbons (Fsp3) is 0.400. The molecule has 8 heteroatoms. The summed E-state index contributed by atoms with van der Waals surface area (Å²) < 4.78 is 1.94. The molecule has 0 fully saturated rings. The van der Waals surface area contributed by atoms with Crippen LogP contribution in [0.2, 0.25) is 0 Å². The lowest BCUT2D eigenvalue weighted by molar-refractivity contribution is 0.180. The molecular weight excluding hydrogens is 356 g/mol. The first-order valence-corrected chi connectivity index (χ1v) is 9.19. The number of carbonyl (C=O) groups excluding carboxylic acids is 1. The highest BCUT2D eigenvalue weighted by Crippen LogP contribution is 2.21. The third-order valence-corrected chi connectivity index (χ3v) is 4.69. The SMILES string of the molecule is CN(Cc1nc2ccccc2c(=O)[nH]1)C(=O)NC(Cn1ccnc1)C(C)(C)C. The number of benzene rings is 1. The Hall–Kier alpha value is -3.16. The van der Waals surface area contributed by atoms with Crippen LogP contribution >= 0.6 is 0 Å². The average molecular weight is 382 g/mol. The summed E-state index contributed by atoms with van der Waals surface area (Å²) in [5, 5.41) is 3.62. The van der Waals surface area contributed by atoms with Crippen molar-refractivity contribution in [3.05, 3.63) is 59.2 Å². The number of amides is 2. The number of aromatic amines is 1. The van der Waals surface area contributed by atoms with Gasteiger partial charge in [0, 0.05) is 26.0 Å². The van der Waals surface area contributed by atoms with Gasteiger partial charge in [-0.15, -0.1) is 0 Å². The Morgan fingerprint density at radius 2 is 2.07 bits per heavy atom. The van der Waals surface area contributed by atoms with Crippen molar-refractivity contribution >= 4 is 16.9 Å². The number of para-hydroxylation sites is 1. The molecule has 8 nitrogen and oxygen atoms in total. The normalized spacial score (nSPS) is 12.7. The predicted molar refractivity (Wildman–Crippen MR) is 108 cm³/mol. The molecule has 3 rings (SSSR count). The second-order valence-electron chi connectivity index (χ2n) is 8.01. The molecule has 2 N–H and O–H groups in total. The molecule has 1 aromatic carbocycles. The molecule has 0 spiro atoms. The van der Waals surface area contributed by atoms with E-state index in [1.165, 1.54) is 4.90 Å². The van der Waals surface area contributed by atoms with E-state index >= 15 is 0 Å². The maximum atomic E-state index is 12.8. The summed E-state index contributed by atoms with van der Waals surface area (Å²) in [7, 11) is 1.68. The molecule has 148 valence electrons. The zero-order valence-electron chi connectivity index (χ0n) is 16.6. The van der Waals surface area contributed by atoms with Crippen molar-refractivity contribution in [2.45, 2.75) is 39.9 Å². The summed E-state index contributed by atoms with van der Waals surface area (Å²) in [4.78, 5) is 37.8. The highest BCUT2D eigenvalue weighted by molar-refractivity contribution is 5.77. The van der Waals surface area contributed by atoms with E-state index < -0.39 is 0 Å². The number of H-pyrrole nitrogens is 1. The molecule has 28 heavy (non-hydrogen) atoms. The Kier molecular flexibility index (Phi) is 5.48. The maximum Gasteiger partial charge on any atom is 0.317 e. The van der Waals surface area contributed by atoms with Gasteiger partial charge in [-0.1, -0.05) is 32.9 Å². The molecular formula is C20H26N6O2. The van der Waals surface area contributed by atoms with Gasteiger partial charge in [-0.2, -0.15) is 0 Å². The van der Waals surface area contributed by atoms with Crippen LogP contribution in [0, 0.1) is 5.41 Å². The molecule has 0 radical (unpaired) electrons. The predicted octanol–water partition coefficient (Wildman–Crippen LogP) is 2.38. The first-order valence-electron chi connectivity index (χ1n) is 9.19. The van der Waals surface area contributed by atoms with Gasteiger partial charge < -0.3 is 19.8 Å². The van der Waals surface area contributed by atoms with Crippen LogP contribution in [-0.2, 0) is 13.1 Å². The molecule has 0 bridgehead atoms. The molecule has 3 aromatic rings. The highest BCUT2D eigenvalue weighted by atomic mass is 16.2. The number of nitrogens with one attached hydrogen (secondary N) is 2. The Morgan fingerprint density at radius 3 is 2.75 bits per heavy atom. The Bertz CT molecular complexity index is 1000. The number of carbonyl (C=O) groups is 1. The van der Waals surface area contributed by atoms with E-state index in [-0.39, 0.29) is 29.6 Å². The van der Waals surface area contributed by atoms with Crippen molar-refractivity contribution in [1.29, 1.82) is 0 Å². The third kappa shape index (κ3) is 4.57. The summed E-state index contributed by atoms with van der Waals surface area (Å²) in [6.07, 6.45) is 5.33. The second kappa shape index (κ2) is 7.84. The van der Waals surface area contributed by atoms with Crippen LogP contribution in [0.3, 0.4) is 0 Å². The zero-order chi connectivity index (χ0) is 20.3. The molecule has 1 atom stereocenters. The van der Waals surface area contributed by atoms with Crippen LogP contribution in [0.25, 0.3) is 10.9 Å². The number of urea groups is 1. The smallest absolute Gasteiger partial charge is 0.317 e. The van der Waals surface area contributed by atoms with Crippen molar-refractivity contribution < 1.29 is 4.79 Å². The van der Waals surface area contributed by atoms with Gasteiger partial charge in [0.15, 0.2) is 0 Å². The fourth-order valence-corrected chi connectivity index (χ4v) is 2.91. The highest BCUT2D eigenvalue weighted by Gasteiger charge is 2.27. The van der Waals surface area contributed by atoms with Crippen LogP contribution in [0.5, 0.6) is 0 Å². The van der Waals surface area contributed by atoms with Gasteiger partial charge in [-0.25, -0.2) is 14.8 Å². The minimum atomic E-state index is -0.226. The van der Waals surface area contributed by atoms with E-state index in [2.05, 4.69) is 41.0 Å². The van der Waals surface area contributed by atoms with Crippen LogP contribution in [-0.4, -0.2) is 43.5 Å². The first kappa shape index (κ1) is 19.6. The molecule has 2 heterocycles. The van der Waals surface area contributed by atoms with Crippen LogP contribution in [0.15, 0.2) is 47.8 Å². The van der Waals surface area contributed by atoms with Crippen molar-refractivity contribution in [3.63, 3.8) is 0 Å². The molecule has 1 unspecified atom stereocenters. The number of rotatable bonds is 5. The first-order chi connectivity index (χ1) is 13.2. The van der Waals surface area contributed by atoms with E-state index in [4.69, 9.17) is 0 Å². The van der Waals surface area contributed by atoms with Gasteiger partial charge in [-0.3, -0.25) is 4.79 Å². The quantitative estimate of drug-likeness (QED) is 0.708. The summed E-state index contributed by atoms with van der Waals surface area (Å²) >= 11 is 0. The van der Waals surface area contributed by atoms with E-state index in [9.17, 15) is 9.59 Å². The van der Waals surface area contributed by atoms with Gasteiger partial charge in [0.05, 0.1) is 29.8 Å². The van der Waals surface area contributed by atoms with Crippen molar-refractivity contribution in [1.82, 2.24) is 29.7 Å². The number of nitrogens with zero attached hydrogens (tertiary/aromatic N) is 4. The van der Waals surface area contributed by atoms with Gasteiger partial charge in [0.2, 0.25) is 0 Å². The lowest BCUT2D eigenvalue weighted by Crippen LogP contribution is -2.50. The fourth-order valence-electron chi connectivity index (χ4n) is 2.91. The van der Waals surface area contributed by atoms with Crippen molar-refractivity contribution in [2.75, 3.05) is 7.05 Å². The standard InChI is InChI=1S/C20H26N6O2/c1-20(2,3)16(11-26-10-9-21-13-26)23-19(28)25(4)12-17-22-15-8-6-5-7-14(15)18(27)24-17/h5-10,13,16H,11-12H2,1-4H3,(H,23,28)(H,22,24,27). The monoisotopic (exact) mass is 382 g/mol. The third-order valence-electron chi connectivity index (χ3n) is 4.69. The van der Waals surface area contributed by atoms with Crippen molar-refractivity contribution in [2.24, 2.45) is 5.41 Å². The summed E-state index contributed by atoms with van der Waals surface area (Å²) in [6, 6.07) is 6.82. The largest absolute Gasteiger partial charge is 0.335 e. The summed E-state index contributed by atoms with van der Waals surface area (Å²) in [5.41, 5.74) is 0.265. The van der Waals surface area contributed by atoms with Gasteiger partial charge in [0.1, 0.15) is 5.82 Å². The average Bonchev–Trinajstić information content (AvgIpc) is 3.13. The maximum absolute atomic E-state index is 12.8. The number of fused-ring (bicyclic) bond motifs is 1.